The molecule has 0 amide bonds. The van der Waals surface area contributed by atoms with E-state index in [1.54, 1.807) is 11.3 Å². The number of aryl methyl sites for hydroxylation is 1. The second kappa shape index (κ2) is 5.47. The number of hydrogen-bond acceptors (Lipinski definition) is 7. The Morgan fingerprint density at radius 1 is 1.38 bits per heavy atom. The van der Waals surface area contributed by atoms with Crippen LogP contribution >= 0.6 is 11.3 Å². The molecule has 0 spiro atoms. The van der Waals surface area contributed by atoms with Gasteiger partial charge in [0, 0.05) is 37.5 Å². The summed E-state index contributed by atoms with van der Waals surface area (Å²) in [5.41, 5.74) is 0. The number of aromatic nitrogens is 3. The number of hydrogen-bond donors (Lipinski definition) is 0. The van der Waals surface area contributed by atoms with Crippen molar-refractivity contribution in [3.05, 3.63) is 28.4 Å². The lowest BCUT2D eigenvalue weighted by atomic mass is 10.0. The third-order valence-electron chi connectivity index (χ3n) is 4.20. The predicted octanol–water partition coefficient (Wildman–Crippen LogP) is 1.67. The minimum absolute atomic E-state index is 0.224. The van der Waals surface area contributed by atoms with E-state index in [2.05, 4.69) is 20.1 Å². The van der Waals surface area contributed by atoms with Crippen molar-refractivity contribution in [1.82, 2.24) is 20.1 Å². The molecule has 4 heterocycles. The molecule has 4 rings (SSSR count). The predicted molar refractivity (Wildman–Crippen MR) is 76.9 cm³/mol. The van der Waals surface area contributed by atoms with E-state index in [1.165, 1.54) is 5.01 Å². The first kappa shape index (κ1) is 13.4. The van der Waals surface area contributed by atoms with Gasteiger partial charge in [-0.3, -0.25) is 4.90 Å². The van der Waals surface area contributed by atoms with Gasteiger partial charge in [0.15, 0.2) is 0 Å². The number of nitrogens with zero attached hydrogens (tertiary/aromatic N) is 4. The Bertz CT molecular complexity index is 586. The summed E-state index contributed by atoms with van der Waals surface area (Å²) in [6.07, 6.45) is 4.26. The molecule has 0 saturated carbocycles. The zero-order valence-corrected chi connectivity index (χ0v) is 12.8. The summed E-state index contributed by atoms with van der Waals surface area (Å²) in [6, 6.07) is 0. The summed E-state index contributed by atoms with van der Waals surface area (Å²) >= 11 is 1.72. The molecule has 2 saturated heterocycles. The monoisotopic (exact) mass is 306 g/mol. The van der Waals surface area contributed by atoms with E-state index in [0.29, 0.717) is 23.8 Å². The van der Waals surface area contributed by atoms with Crippen LogP contribution < -0.4 is 0 Å². The number of rotatable bonds is 4. The summed E-state index contributed by atoms with van der Waals surface area (Å²) < 4.78 is 11.6. The van der Waals surface area contributed by atoms with Crippen molar-refractivity contribution in [3.8, 4) is 0 Å². The zero-order chi connectivity index (χ0) is 14.2. The normalized spacial score (nSPS) is 29.1. The fourth-order valence-corrected chi connectivity index (χ4v) is 4.00. The Balaban J connectivity index is 1.31. The molecular formula is C14H18N4O2S. The average Bonchev–Trinajstić information content (AvgIpc) is 3.16. The average molecular weight is 306 g/mol. The third kappa shape index (κ3) is 2.86. The lowest BCUT2D eigenvalue weighted by Gasteiger charge is -2.17. The number of thiazole rings is 1. The Morgan fingerprint density at radius 2 is 2.33 bits per heavy atom. The first-order chi connectivity index (χ1) is 10.3. The third-order valence-corrected chi connectivity index (χ3v) is 4.97. The highest BCUT2D eigenvalue weighted by molar-refractivity contribution is 7.09. The van der Waals surface area contributed by atoms with E-state index >= 15 is 0 Å². The molecular weight excluding hydrogens is 288 g/mol. The molecule has 2 aliphatic heterocycles. The first-order valence-corrected chi connectivity index (χ1v) is 8.19. The second-order valence-corrected chi connectivity index (χ2v) is 6.81. The molecule has 2 aromatic rings. The molecule has 0 aliphatic carbocycles. The Hall–Kier alpha value is -1.31. The highest BCUT2D eigenvalue weighted by Gasteiger charge is 2.42. The van der Waals surface area contributed by atoms with Crippen molar-refractivity contribution in [3.63, 3.8) is 0 Å². The van der Waals surface area contributed by atoms with Crippen LogP contribution in [-0.2, 0) is 17.7 Å². The fraction of sp³-hybridized carbons (Fsp3) is 0.643. The molecule has 0 radical (unpaired) electrons. The van der Waals surface area contributed by atoms with Crippen LogP contribution in [0, 0.1) is 12.8 Å². The lowest BCUT2D eigenvalue weighted by Crippen LogP contribution is -2.25. The van der Waals surface area contributed by atoms with Crippen LogP contribution in [0.2, 0.25) is 0 Å². The van der Waals surface area contributed by atoms with Crippen LogP contribution in [0.25, 0.3) is 0 Å². The van der Waals surface area contributed by atoms with Crippen LogP contribution in [0.3, 0.4) is 0 Å². The molecule has 2 aliphatic rings. The van der Waals surface area contributed by atoms with E-state index in [9.17, 15) is 0 Å². The van der Waals surface area contributed by atoms with Gasteiger partial charge in [-0.15, -0.1) is 21.5 Å². The van der Waals surface area contributed by atoms with E-state index in [-0.39, 0.29) is 6.10 Å². The van der Waals surface area contributed by atoms with Gasteiger partial charge in [-0.2, -0.15) is 0 Å². The highest BCUT2D eigenvalue weighted by Crippen LogP contribution is 2.34. The molecule has 112 valence electrons. The first-order valence-electron chi connectivity index (χ1n) is 7.31. The molecule has 6 nitrogen and oxygen atoms in total. The van der Waals surface area contributed by atoms with Gasteiger partial charge in [-0.1, -0.05) is 0 Å². The van der Waals surface area contributed by atoms with Gasteiger partial charge >= 0.3 is 0 Å². The lowest BCUT2D eigenvalue weighted by molar-refractivity contribution is 0.0349. The van der Waals surface area contributed by atoms with Crippen LogP contribution in [0.15, 0.2) is 16.0 Å². The maximum absolute atomic E-state index is 6.16. The molecule has 2 fully saturated rings. The smallest absolute Gasteiger partial charge is 0.219 e. The number of ether oxygens (including phenoxy) is 1. The van der Waals surface area contributed by atoms with Crippen molar-refractivity contribution in [1.29, 1.82) is 0 Å². The Kier molecular flexibility index (Phi) is 3.48. The molecule has 3 atom stereocenters. The van der Waals surface area contributed by atoms with Crippen molar-refractivity contribution in [2.75, 3.05) is 13.1 Å². The summed E-state index contributed by atoms with van der Waals surface area (Å²) in [6.45, 7) is 4.87. The van der Waals surface area contributed by atoms with Gasteiger partial charge in [-0.05, 0) is 6.42 Å². The Labute approximate surface area is 127 Å². The minimum Gasteiger partial charge on any atom is -0.426 e. The van der Waals surface area contributed by atoms with Gasteiger partial charge in [0.05, 0.1) is 25.2 Å². The van der Waals surface area contributed by atoms with Crippen LogP contribution in [0.5, 0.6) is 0 Å². The van der Waals surface area contributed by atoms with Crippen molar-refractivity contribution < 1.29 is 9.15 Å². The summed E-state index contributed by atoms with van der Waals surface area (Å²) in [5.74, 6) is 1.94. The molecule has 0 N–H and O–H groups in total. The van der Waals surface area contributed by atoms with E-state index < -0.39 is 0 Å². The van der Waals surface area contributed by atoms with Crippen LogP contribution in [0.1, 0.15) is 23.2 Å². The quantitative estimate of drug-likeness (QED) is 0.856. The Morgan fingerprint density at radius 3 is 3.05 bits per heavy atom. The standard InChI is InChI=1S/C14H18N4O2S/c1-9-16-17-13(19-9)5-11-4-10-6-18(7-12(10)20-11)8-14-15-2-3-21-14/h2-3,10-12H,4-8H2,1H3/t10-,11+,12+/m1/s1. The van der Waals surface area contributed by atoms with E-state index in [0.717, 1.165) is 32.5 Å². The number of fused-ring (bicyclic) bond motifs is 1. The molecule has 0 unspecified atom stereocenters. The molecule has 0 aromatic carbocycles. The van der Waals surface area contributed by atoms with Crippen molar-refractivity contribution >= 4 is 11.3 Å². The maximum Gasteiger partial charge on any atom is 0.219 e. The van der Waals surface area contributed by atoms with E-state index in [1.807, 2.05) is 18.5 Å². The highest BCUT2D eigenvalue weighted by atomic mass is 32.1. The van der Waals surface area contributed by atoms with E-state index in [4.69, 9.17) is 9.15 Å². The van der Waals surface area contributed by atoms with Gasteiger partial charge in [0.1, 0.15) is 5.01 Å². The topological polar surface area (TPSA) is 64.3 Å². The fourth-order valence-electron chi connectivity index (χ4n) is 3.35. The molecule has 7 heteroatoms. The van der Waals surface area contributed by atoms with Gasteiger partial charge in [0.25, 0.3) is 0 Å². The van der Waals surface area contributed by atoms with Crippen molar-refractivity contribution in [2.24, 2.45) is 5.92 Å². The maximum atomic E-state index is 6.16. The largest absolute Gasteiger partial charge is 0.426 e. The van der Waals surface area contributed by atoms with Gasteiger partial charge < -0.3 is 9.15 Å². The second-order valence-electron chi connectivity index (χ2n) is 5.83. The zero-order valence-electron chi connectivity index (χ0n) is 11.9. The molecule has 2 aromatic heterocycles. The molecule has 0 bridgehead atoms. The molecule has 21 heavy (non-hydrogen) atoms. The van der Waals surface area contributed by atoms with Gasteiger partial charge in [0.2, 0.25) is 11.8 Å². The summed E-state index contributed by atoms with van der Waals surface area (Å²) in [4.78, 5) is 6.80. The summed E-state index contributed by atoms with van der Waals surface area (Å²) in [7, 11) is 0. The van der Waals surface area contributed by atoms with Gasteiger partial charge in [-0.25, -0.2) is 4.98 Å². The SMILES string of the molecule is Cc1nnc(C[C@@H]2C[C@@H]3CN(Cc4nccs4)C[C@@H]3O2)o1. The van der Waals surface area contributed by atoms with Crippen LogP contribution in [0.4, 0.5) is 0 Å². The number of likely N-dealkylation sites (tertiary alicyclic amines) is 1. The van der Waals surface area contributed by atoms with Crippen LogP contribution in [-0.4, -0.2) is 45.4 Å². The van der Waals surface area contributed by atoms with Crippen molar-refractivity contribution in [2.45, 2.75) is 38.5 Å². The minimum atomic E-state index is 0.224. The summed E-state index contributed by atoms with van der Waals surface area (Å²) in [5, 5.41) is 11.1.